The molecule has 1 rings (SSSR count). The fourth-order valence-corrected chi connectivity index (χ4v) is 0.558. The Kier molecular flexibility index (Phi) is 5.25. The molecule has 3 nitrogen and oxygen atoms in total. The summed E-state index contributed by atoms with van der Waals surface area (Å²) in [6, 6.07) is 1.87. The van der Waals surface area contributed by atoms with Gasteiger partial charge in [-0.05, 0) is 17.2 Å². The molecule has 0 radical (unpaired) electrons. The summed E-state index contributed by atoms with van der Waals surface area (Å²) in [6.45, 7) is 8.15. The fraction of sp³-hybridized carbons (Fsp3) is 0.625. The normalized spacial score (nSPS) is 8.82. The molecule has 0 aliphatic rings. The number of aromatic nitrogens is 3. The van der Waals surface area contributed by atoms with E-state index >= 15 is 0 Å². The smallest absolute Gasteiger partial charge is 0.0690 e. The van der Waals surface area contributed by atoms with Crippen LogP contribution in [0.4, 0.5) is 0 Å². The van der Waals surface area contributed by atoms with E-state index in [1.54, 1.807) is 6.20 Å². The summed E-state index contributed by atoms with van der Waals surface area (Å²) >= 11 is 0. The summed E-state index contributed by atoms with van der Waals surface area (Å²) in [5, 5.41) is 10.9. The highest BCUT2D eigenvalue weighted by Gasteiger charge is 1.97. The Morgan fingerprint density at radius 3 is 2.18 bits per heavy atom. The number of rotatable bonds is 1. The lowest BCUT2D eigenvalue weighted by Gasteiger charge is -1.98. The van der Waals surface area contributed by atoms with E-state index in [2.05, 4.69) is 29.3 Å². The third-order valence-electron chi connectivity index (χ3n) is 1.12. The highest BCUT2D eigenvalue weighted by atomic mass is 15.3. The van der Waals surface area contributed by atoms with Crippen molar-refractivity contribution in [1.82, 2.24) is 15.4 Å². The SMILES string of the molecule is CC.CC(C)c1ccnnn1. The maximum atomic E-state index is 3.82. The lowest BCUT2D eigenvalue weighted by Crippen LogP contribution is -1.94. The number of hydrogen-bond acceptors (Lipinski definition) is 3. The zero-order valence-corrected chi connectivity index (χ0v) is 7.57. The van der Waals surface area contributed by atoms with Gasteiger partial charge in [-0.1, -0.05) is 27.7 Å². The van der Waals surface area contributed by atoms with Gasteiger partial charge in [0.15, 0.2) is 0 Å². The van der Waals surface area contributed by atoms with E-state index in [0.717, 1.165) is 5.69 Å². The first-order valence-corrected chi connectivity index (χ1v) is 3.95. The molecule has 11 heavy (non-hydrogen) atoms. The first-order valence-electron chi connectivity index (χ1n) is 3.95. The van der Waals surface area contributed by atoms with Gasteiger partial charge in [0, 0.05) is 0 Å². The highest BCUT2D eigenvalue weighted by Crippen LogP contribution is 2.06. The van der Waals surface area contributed by atoms with Gasteiger partial charge in [-0.2, -0.15) is 0 Å². The van der Waals surface area contributed by atoms with Crippen molar-refractivity contribution in [2.24, 2.45) is 0 Å². The molecule has 1 heterocycles. The van der Waals surface area contributed by atoms with Crippen LogP contribution in [0.2, 0.25) is 0 Å². The first kappa shape index (κ1) is 10.0. The van der Waals surface area contributed by atoms with Crippen LogP contribution < -0.4 is 0 Å². The van der Waals surface area contributed by atoms with Crippen LogP contribution in [-0.2, 0) is 0 Å². The quantitative estimate of drug-likeness (QED) is 0.619. The van der Waals surface area contributed by atoms with E-state index < -0.39 is 0 Å². The second-order valence-corrected chi connectivity index (χ2v) is 2.20. The zero-order valence-electron chi connectivity index (χ0n) is 7.57. The lowest BCUT2D eigenvalue weighted by atomic mass is 10.1. The summed E-state index contributed by atoms with van der Waals surface area (Å²) in [5.74, 6) is 0.445. The van der Waals surface area contributed by atoms with Crippen LogP contribution in [0.15, 0.2) is 12.3 Å². The molecule has 1 aromatic rings. The van der Waals surface area contributed by atoms with Gasteiger partial charge >= 0.3 is 0 Å². The van der Waals surface area contributed by atoms with Gasteiger partial charge in [-0.3, -0.25) is 0 Å². The minimum atomic E-state index is 0.445. The molecule has 0 aliphatic heterocycles. The zero-order chi connectivity index (χ0) is 8.69. The molecule has 0 aliphatic carbocycles. The molecule has 3 heteroatoms. The predicted octanol–water partition coefficient (Wildman–Crippen LogP) is 2.02. The molecule has 0 N–H and O–H groups in total. The average molecular weight is 153 g/mol. The monoisotopic (exact) mass is 153 g/mol. The molecule has 0 fully saturated rings. The Morgan fingerprint density at radius 2 is 1.91 bits per heavy atom. The maximum Gasteiger partial charge on any atom is 0.0690 e. The minimum absolute atomic E-state index is 0.445. The topological polar surface area (TPSA) is 38.7 Å². The minimum Gasteiger partial charge on any atom is -0.139 e. The fourth-order valence-electron chi connectivity index (χ4n) is 0.558. The van der Waals surface area contributed by atoms with Gasteiger partial charge in [0.1, 0.15) is 0 Å². The van der Waals surface area contributed by atoms with Gasteiger partial charge in [0.25, 0.3) is 0 Å². The van der Waals surface area contributed by atoms with Crippen LogP contribution in [0, 0.1) is 0 Å². The molecular weight excluding hydrogens is 138 g/mol. The summed E-state index contributed by atoms with van der Waals surface area (Å²) in [4.78, 5) is 0. The van der Waals surface area contributed by atoms with Gasteiger partial charge < -0.3 is 0 Å². The van der Waals surface area contributed by atoms with Gasteiger partial charge in [-0.15, -0.1) is 10.2 Å². The molecule has 0 amide bonds. The largest absolute Gasteiger partial charge is 0.139 e. The second-order valence-electron chi connectivity index (χ2n) is 2.20. The Labute approximate surface area is 67.9 Å². The molecule has 0 bridgehead atoms. The Bertz CT molecular complexity index is 172. The van der Waals surface area contributed by atoms with Gasteiger partial charge in [0.2, 0.25) is 0 Å². The Balaban J connectivity index is 0.000000461. The van der Waals surface area contributed by atoms with E-state index in [1.165, 1.54) is 0 Å². The molecule has 0 spiro atoms. The average Bonchev–Trinajstić information content (AvgIpc) is 2.10. The van der Waals surface area contributed by atoms with E-state index in [-0.39, 0.29) is 0 Å². The molecule has 1 aromatic heterocycles. The van der Waals surface area contributed by atoms with Crippen molar-refractivity contribution in [1.29, 1.82) is 0 Å². The van der Waals surface area contributed by atoms with E-state index in [4.69, 9.17) is 0 Å². The van der Waals surface area contributed by atoms with Crippen molar-refractivity contribution in [2.75, 3.05) is 0 Å². The van der Waals surface area contributed by atoms with Crippen LogP contribution in [-0.4, -0.2) is 15.4 Å². The molecule has 0 saturated heterocycles. The molecule has 0 unspecified atom stereocenters. The Morgan fingerprint density at radius 1 is 1.27 bits per heavy atom. The van der Waals surface area contributed by atoms with E-state index in [1.807, 2.05) is 19.9 Å². The summed E-state index contributed by atoms with van der Waals surface area (Å²) in [7, 11) is 0. The van der Waals surface area contributed by atoms with Crippen LogP contribution in [0.1, 0.15) is 39.3 Å². The van der Waals surface area contributed by atoms with Crippen molar-refractivity contribution < 1.29 is 0 Å². The highest BCUT2D eigenvalue weighted by molar-refractivity contribution is 5.00. The van der Waals surface area contributed by atoms with Crippen molar-refractivity contribution >= 4 is 0 Å². The maximum absolute atomic E-state index is 3.82. The molecular formula is C8H15N3. The third-order valence-corrected chi connectivity index (χ3v) is 1.12. The second kappa shape index (κ2) is 5.77. The summed E-state index contributed by atoms with van der Waals surface area (Å²) in [6.07, 6.45) is 1.66. The third kappa shape index (κ3) is 3.65. The predicted molar refractivity (Wildman–Crippen MR) is 45.3 cm³/mol. The van der Waals surface area contributed by atoms with Gasteiger partial charge in [0.05, 0.1) is 11.9 Å². The van der Waals surface area contributed by atoms with Crippen LogP contribution in [0.25, 0.3) is 0 Å². The summed E-state index contributed by atoms with van der Waals surface area (Å²) in [5.41, 5.74) is 0.991. The van der Waals surface area contributed by atoms with Crippen molar-refractivity contribution in [3.8, 4) is 0 Å². The molecule has 62 valence electrons. The first-order chi connectivity index (χ1) is 5.30. The number of hydrogen-bond donors (Lipinski definition) is 0. The van der Waals surface area contributed by atoms with Crippen LogP contribution in [0.5, 0.6) is 0 Å². The summed E-state index contributed by atoms with van der Waals surface area (Å²) < 4.78 is 0. The Hall–Kier alpha value is -0.990. The lowest BCUT2D eigenvalue weighted by molar-refractivity contribution is 0.741. The molecule has 0 atom stereocenters. The van der Waals surface area contributed by atoms with Crippen molar-refractivity contribution in [2.45, 2.75) is 33.6 Å². The van der Waals surface area contributed by atoms with E-state index in [0.29, 0.717) is 5.92 Å². The van der Waals surface area contributed by atoms with Crippen molar-refractivity contribution in [3.05, 3.63) is 18.0 Å². The molecule has 0 saturated carbocycles. The van der Waals surface area contributed by atoms with E-state index in [9.17, 15) is 0 Å². The van der Waals surface area contributed by atoms with Crippen molar-refractivity contribution in [3.63, 3.8) is 0 Å². The molecule has 0 aromatic carbocycles. The van der Waals surface area contributed by atoms with Crippen LogP contribution >= 0.6 is 0 Å². The van der Waals surface area contributed by atoms with Crippen LogP contribution in [0.3, 0.4) is 0 Å². The standard InChI is InChI=1S/C6H9N3.C2H6/c1-5(2)6-3-4-7-9-8-6;1-2/h3-5H,1-2H3;1-2H3. The van der Waals surface area contributed by atoms with Gasteiger partial charge in [-0.25, -0.2) is 0 Å². The number of nitrogens with zero attached hydrogens (tertiary/aromatic N) is 3.